The Morgan fingerprint density at radius 3 is 2.65 bits per heavy atom. The molecule has 0 aliphatic heterocycles. The lowest BCUT2D eigenvalue weighted by Gasteiger charge is -2.04. The number of hydrogen-bond donors (Lipinski definition) is 2. The quantitative estimate of drug-likeness (QED) is 0.812. The standard InChI is InChI=1S/C12H16N4O2S2/c1-3-4-5-6-7-8(13)9(10(14)17)19-11(7)16-12(15-6)20(2)18/h3-5,13H2,1-2H3,(H2,14,17). The van der Waals surface area contributed by atoms with E-state index < -0.39 is 16.7 Å². The van der Waals surface area contributed by atoms with Gasteiger partial charge in [0.05, 0.1) is 27.6 Å². The van der Waals surface area contributed by atoms with Crippen molar-refractivity contribution in [2.24, 2.45) is 5.73 Å². The molecule has 2 aromatic heterocycles. The van der Waals surface area contributed by atoms with Crippen molar-refractivity contribution in [3.63, 3.8) is 0 Å². The molecule has 2 aromatic rings. The third kappa shape index (κ3) is 2.66. The second-order valence-corrected chi connectivity index (χ2v) is 6.67. The normalized spacial score (nSPS) is 12.7. The third-order valence-corrected chi connectivity index (χ3v) is 4.70. The van der Waals surface area contributed by atoms with Crippen molar-refractivity contribution < 1.29 is 9.00 Å². The van der Waals surface area contributed by atoms with Gasteiger partial charge in [-0.25, -0.2) is 9.97 Å². The molecule has 4 N–H and O–H groups in total. The van der Waals surface area contributed by atoms with E-state index in [1.807, 2.05) is 0 Å². The summed E-state index contributed by atoms with van der Waals surface area (Å²) in [6, 6.07) is 0. The molecule has 1 amide bonds. The molecule has 2 heterocycles. The summed E-state index contributed by atoms with van der Waals surface area (Å²) in [5, 5.41) is 0.937. The minimum atomic E-state index is -1.28. The topological polar surface area (TPSA) is 112 Å². The molecule has 0 fully saturated rings. The Labute approximate surface area is 123 Å². The zero-order chi connectivity index (χ0) is 14.9. The summed E-state index contributed by atoms with van der Waals surface area (Å²) in [5.74, 6) is -0.578. The SMILES string of the molecule is CCCCc1nc(S(C)=O)nc2sc(C(N)=O)c(N)c12. The van der Waals surface area contributed by atoms with Crippen LogP contribution in [0.2, 0.25) is 0 Å². The molecular weight excluding hydrogens is 296 g/mol. The number of primary amides is 1. The number of hydrogen-bond acceptors (Lipinski definition) is 6. The molecule has 0 aromatic carbocycles. The van der Waals surface area contributed by atoms with Crippen LogP contribution in [0.5, 0.6) is 0 Å². The van der Waals surface area contributed by atoms with Crippen molar-refractivity contribution in [3.05, 3.63) is 10.6 Å². The van der Waals surface area contributed by atoms with Gasteiger partial charge in [-0.15, -0.1) is 11.3 Å². The number of nitrogens with two attached hydrogens (primary N) is 2. The molecule has 0 aliphatic rings. The molecule has 0 bridgehead atoms. The summed E-state index contributed by atoms with van der Waals surface area (Å²) in [6.45, 7) is 2.07. The Hall–Kier alpha value is -1.54. The van der Waals surface area contributed by atoms with Crippen LogP contribution in [-0.2, 0) is 17.2 Å². The van der Waals surface area contributed by atoms with E-state index in [1.54, 1.807) is 0 Å². The maximum atomic E-state index is 11.6. The molecule has 1 unspecified atom stereocenters. The molecule has 2 rings (SSSR count). The van der Waals surface area contributed by atoms with Gasteiger partial charge in [-0.2, -0.15) is 0 Å². The summed E-state index contributed by atoms with van der Waals surface area (Å²) in [7, 11) is -1.28. The first-order chi connectivity index (χ1) is 9.45. The van der Waals surface area contributed by atoms with Crippen molar-refractivity contribution in [1.29, 1.82) is 0 Å². The van der Waals surface area contributed by atoms with E-state index in [-0.39, 0.29) is 10.0 Å². The third-order valence-electron chi connectivity index (χ3n) is 2.89. The Balaban J connectivity index is 2.71. The lowest BCUT2D eigenvalue weighted by atomic mass is 10.1. The number of nitrogen functional groups attached to an aromatic ring is 1. The number of nitrogens with zero attached hydrogens (tertiary/aromatic N) is 2. The second kappa shape index (κ2) is 5.84. The number of carbonyl (C=O) groups is 1. The summed E-state index contributed by atoms with van der Waals surface area (Å²) in [4.78, 5) is 20.8. The highest BCUT2D eigenvalue weighted by Crippen LogP contribution is 2.34. The average Bonchev–Trinajstić information content (AvgIpc) is 2.73. The highest BCUT2D eigenvalue weighted by Gasteiger charge is 2.20. The van der Waals surface area contributed by atoms with Crippen LogP contribution in [0.15, 0.2) is 5.16 Å². The largest absolute Gasteiger partial charge is 0.397 e. The van der Waals surface area contributed by atoms with Crippen LogP contribution in [0.3, 0.4) is 0 Å². The number of aromatic nitrogens is 2. The van der Waals surface area contributed by atoms with Crippen molar-refractivity contribution in [2.75, 3.05) is 12.0 Å². The highest BCUT2D eigenvalue weighted by molar-refractivity contribution is 7.84. The predicted molar refractivity (Wildman–Crippen MR) is 81.3 cm³/mol. The maximum absolute atomic E-state index is 11.6. The second-order valence-electron chi connectivity index (χ2n) is 4.40. The monoisotopic (exact) mass is 312 g/mol. The van der Waals surface area contributed by atoms with Crippen LogP contribution >= 0.6 is 11.3 Å². The molecule has 6 nitrogen and oxygen atoms in total. The average molecular weight is 312 g/mol. The first kappa shape index (κ1) is 14.9. The molecular formula is C12H16N4O2S2. The van der Waals surface area contributed by atoms with Gasteiger partial charge in [0.2, 0.25) is 5.16 Å². The maximum Gasteiger partial charge on any atom is 0.260 e. The van der Waals surface area contributed by atoms with Crippen LogP contribution < -0.4 is 11.5 Å². The number of carbonyl (C=O) groups excluding carboxylic acids is 1. The van der Waals surface area contributed by atoms with E-state index >= 15 is 0 Å². The minimum absolute atomic E-state index is 0.265. The summed E-state index contributed by atoms with van der Waals surface area (Å²) < 4.78 is 11.6. The molecule has 0 aliphatic carbocycles. The van der Waals surface area contributed by atoms with E-state index in [0.29, 0.717) is 22.3 Å². The van der Waals surface area contributed by atoms with Gasteiger partial charge in [0, 0.05) is 6.26 Å². The fraction of sp³-hybridized carbons (Fsp3) is 0.417. The molecule has 1 atom stereocenters. The van der Waals surface area contributed by atoms with Gasteiger partial charge in [-0.3, -0.25) is 9.00 Å². The fourth-order valence-corrected chi connectivity index (χ4v) is 3.39. The molecule has 108 valence electrons. The summed E-state index contributed by atoms with van der Waals surface area (Å²) in [5.41, 5.74) is 12.4. The van der Waals surface area contributed by atoms with E-state index in [4.69, 9.17) is 11.5 Å². The summed E-state index contributed by atoms with van der Waals surface area (Å²) in [6.07, 6.45) is 4.17. The smallest absolute Gasteiger partial charge is 0.260 e. The molecule has 0 saturated carbocycles. The zero-order valence-corrected chi connectivity index (χ0v) is 12.9. The van der Waals surface area contributed by atoms with Crippen molar-refractivity contribution >= 4 is 43.9 Å². The number of anilines is 1. The van der Waals surface area contributed by atoms with Crippen molar-refractivity contribution in [2.45, 2.75) is 31.3 Å². The van der Waals surface area contributed by atoms with E-state index in [2.05, 4.69) is 16.9 Å². The Kier molecular flexibility index (Phi) is 4.34. The van der Waals surface area contributed by atoms with Gasteiger partial charge in [-0.1, -0.05) is 13.3 Å². The van der Waals surface area contributed by atoms with Crippen LogP contribution in [-0.4, -0.2) is 26.3 Å². The van der Waals surface area contributed by atoms with Crippen LogP contribution in [0.1, 0.15) is 35.1 Å². The lowest BCUT2D eigenvalue weighted by Crippen LogP contribution is -2.10. The molecule has 8 heteroatoms. The number of thiophene rings is 1. The van der Waals surface area contributed by atoms with Gasteiger partial charge in [-0.05, 0) is 12.8 Å². The first-order valence-electron chi connectivity index (χ1n) is 6.17. The van der Waals surface area contributed by atoms with Crippen molar-refractivity contribution in [3.8, 4) is 0 Å². The molecule has 0 radical (unpaired) electrons. The number of aryl methyl sites for hydroxylation is 1. The highest BCUT2D eigenvalue weighted by atomic mass is 32.2. The predicted octanol–water partition coefficient (Wildman–Crippen LogP) is 1.45. The van der Waals surface area contributed by atoms with Crippen LogP contribution in [0.4, 0.5) is 5.69 Å². The lowest BCUT2D eigenvalue weighted by molar-refractivity contribution is 0.100. The number of unbranched alkanes of at least 4 members (excludes halogenated alkanes) is 1. The first-order valence-corrected chi connectivity index (χ1v) is 8.55. The summed E-state index contributed by atoms with van der Waals surface area (Å²) >= 11 is 1.13. The molecule has 0 spiro atoms. The Morgan fingerprint density at radius 2 is 2.10 bits per heavy atom. The molecule has 20 heavy (non-hydrogen) atoms. The number of rotatable bonds is 5. The van der Waals surface area contributed by atoms with E-state index in [0.717, 1.165) is 29.9 Å². The van der Waals surface area contributed by atoms with Gasteiger partial charge >= 0.3 is 0 Å². The van der Waals surface area contributed by atoms with E-state index in [9.17, 15) is 9.00 Å². The van der Waals surface area contributed by atoms with Crippen LogP contribution in [0.25, 0.3) is 10.2 Å². The Bertz CT molecular complexity index is 696. The van der Waals surface area contributed by atoms with Gasteiger partial charge < -0.3 is 11.5 Å². The van der Waals surface area contributed by atoms with Crippen LogP contribution in [0, 0.1) is 0 Å². The fourth-order valence-electron chi connectivity index (χ4n) is 1.91. The Morgan fingerprint density at radius 1 is 1.40 bits per heavy atom. The van der Waals surface area contributed by atoms with Gasteiger partial charge in [0.25, 0.3) is 5.91 Å². The minimum Gasteiger partial charge on any atom is -0.397 e. The van der Waals surface area contributed by atoms with Gasteiger partial charge in [0.1, 0.15) is 9.71 Å². The van der Waals surface area contributed by atoms with Crippen molar-refractivity contribution in [1.82, 2.24) is 9.97 Å². The number of amides is 1. The molecule has 0 saturated heterocycles. The zero-order valence-electron chi connectivity index (χ0n) is 11.3. The van der Waals surface area contributed by atoms with Gasteiger partial charge in [0.15, 0.2) is 0 Å². The number of fused-ring (bicyclic) bond motifs is 1. The van der Waals surface area contributed by atoms with E-state index in [1.165, 1.54) is 6.26 Å².